The predicted octanol–water partition coefficient (Wildman–Crippen LogP) is 3.35. The Balaban J connectivity index is 1.76. The summed E-state index contributed by atoms with van der Waals surface area (Å²) in [5.74, 6) is -0.586. The standard InChI is InChI=1S/C21H27NO5/c1-15(21(25)22-13-12-16-6-4-3-5-7-16)27-20(24)11-9-17-8-10-18(23)19(14-17)26-2/h6,8-11,14-15,23H,3-5,7,12-13H2,1-2H3,(H,22,25)/b11-9+/t15-/m1/s1. The van der Waals surface area contributed by atoms with Crippen LogP contribution in [0.1, 0.15) is 44.6 Å². The summed E-state index contributed by atoms with van der Waals surface area (Å²) in [5, 5.41) is 12.4. The summed E-state index contributed by atoms with van der Waals surface area (Å²) in [7, 11) is 1.45. The number of aromatic hydroxyl groups is 1. The Hall–Kier alpha value is -2.76. The number of ether oxygens (including phenoxy) is 2. The monoisotopic (exact) mass is 373 g/mol. The van der Waals surface area contributed by atoms with Gasteiger partial charge in [0.05, 0.1) is 7.11 Å². The van der Waals surface area contributed by atoms with Gasteiger partial charge in [0.1, 0.15) is 0 Å². The second kappa shape index (κ2) is 10.4. The minimum atomic E-state index is -0.864. The molecule has 0 aliphatic heterocycles. The molecule has 0 heterocycles. The van der Waals surface area contributed by atoms with Crippen molar-refractivity contribution < 1.29 is 24.2 Å². The van der Waals surface area contributed by atoms with Gasteiger partial charge in [0, 0.05) is 12.6 Å². The van der Waals surface area contributed by atoms with Crippen LogP contribution in [-0.4, -0.2) is 36.7 Å². The minimum absolute atomic E-state index is 0.0199. The third-order valence-electron chi connectivity index (χ3n) is 4.41. The lowest BCUT2D eigenvalue weighted by atomic mass is 9.97. The van der Waals surface area contributed by atoms with Crippen LogP contribution in [0.2, 0.25) is 0 Å². The highest BCUT2D eigenvalue weighted by Gasteiger charge is 2.16. The smallest absolute Gasteiger partial charge is 0.331 e. The number of carbonyl (C=O) groups excluding carboxylic acids is 2. The van der Waals surface area contributed by atoms with Crippen LogP contribution in [0.25, 0.3) is 6.08 Å². The fraction of sp³-hybridized carbons (Fsp3) is 0.429. The first-order valence-corrected chi connectivity index (χ1v) is 9.21. The molecule has 0 radical (unpaired) electrons. The van der Waals surface area contributed by atoms with Gasteiger partial charge in [0.2, 0.25) is 0 Å². The SMILES string of the molecule is COc1cc(/C=C/C(=O)O[C@H](C)C(=O)NCCC2=CCCCC2)ccc1O. The van der Waals surface area contributed by atoms with E-state index < -0.39 is 12.1 Å². The van der Waals surface area contributed by atoms with E-state index in [4.69, 9.17) is 9.47 Å². The first-order chi connectivity index (χ1) is 13.0. The molecule has 1 aliphatic carbocycles. The summed E-state index contributed by atoms with van der Waals surface area (Å²) in [6, 6.07) is 4.70. The molecule has 6 nitrogen and oxygen atoms in total. The predicted molar refractivity (Wildman–Crippen MR) is 103 cm³/mol. The van der Waals surface area contributed by atoms with Gasteiger partial charge in [-0.2, -0.15) is 0 Å². The zero-order valence-electron chi connectivity index (χ0n) is 15.9. The van der Waals surface area contributed by atoms with E-state index in [0.717, 1.165) is 19.3 Å². The Kier molecular flexibility index (Phi) is 7.92. The number of carbonyl (C=O) groups is 2. The number of hydrogen-bond donors (Lipinski definition) is 2. The van der Waals surface area contributed by atoms with Gasteiger partial charge in [-0.05, 0) is 62.8 Å². The molecule has 0 spiro atoms. The number of rotatable bonds is 8. The summed E-state index contributed by atoms with van der Waals surface area (Å²) in [6.45, 7) is 2.10. The number of nitrogens with one attached hydrogen (secondary N) is 1. The summed E-state index contributed by atoms with van der Waals surface area (Å²) in [5.41, 5.74) is 2.05. The van der Waals surface area contributed by atoms with Crippen molar-refractivity contribution in [3.05, 3.63) is 41.5 Å². The van der Waals surface area contributed by atoms with Gasteiger partial charge in [-0.25, -0.2) is 4.79 Å². The number of phenolic OH excluding ortho intramolecular Hbond substituents is 1. The molecule has 0 unspecified atom stereocenters. The summed E-state index contributed by atoms with van der Waals surface area (Å²) in [6.07, 6.45) is 9.69. The normalized spacial score (nSPS) is 15.1. The largest absolute Gasteiger partial charge is 0.504 e. The summed E-state index contributed by atoms with van der Waals surface area (Å²) < 4.78 is 10.1. The van der Waals surface area contributed by atoms with Crippen LogP contribution in [0.3, 0.4) is 0 Å². The van der Waals surface area contributed by atoms with E-state index in [9.17, 15) is 14.7 Å². The second-order valence-corrected chi connectivity index (χ2v) is 6.49. The average Bonchev–Trinajstić information content (AvgIpc) is 2.68. The Morgan fingerprint density at radius 1 is 1.33 bits per heavy atom. The highest BCUT2D eigenvalue weighted by molar-refractivity contribution is 5.90. The van der Waals surface area contributed by atoms with E-state index in [1.54, 1.807) is 19.1 Å². The molecule has 1 aromatic carbocycles. The van der Waals surface area contributed by atoms with Crippen molar-refractivity contribution in [2.45, 2.75) is 45.1 Å². The van der Waals surface area contributed by atoms with Crippen LogP contribution < -0.4 is 10.1 Å². The molecule has 146 valence electrons. The summed E-state index contributed by atoms with van der Waals surface area (Å²) >= 11 is 0. The molecule has 0 saturated carbocycles. The molecule has 1 amide bonds. The first-order valence-electron chi connectivity index (χ1n) is 9.21. The maximum absolute atomic E-state index is 12.0. The molecule has 0 bridgehead atoms. The zero-order valence-corrected chi connectivity index (χ0v) is 15.9. The van der Waals surface area contributed by atoms with Crippen molar-refractivity contribution in [2.75, 3.05) is 13.7 Å². The van der Waals surface area contributed by atoms with Gasteiger partial charge in [0.15, 0.2) is 17.6 Å². The first kappa shape index (κ1) is 20.6. The average molecular weight is 373 g/mol. The maximum Gasteiger partial charge on any atom is 0.331 e. The van der Waals surface area contributed by atoms with E-state index in [0.29, 0.717) is 17.9 Å². The van der Waals surface area contributed by atoms with Crippen LogP contribution in [-0.2, 0) is 14.3 Å². The highest BCUT2D eigenvalue weighted by Crippen LogP contribution is 2.26. The molecule has 0 aromatic heterocycles. The van der Waals surface area contributed by atoms with E-state index in [2.05, 4.69) is 11.4 Å². The van der Waals surface area contributed by atoms with Crippen molar-refractivity contribution in [3.63, 3.8) is 0 Å². The summed E-state index contributed by atoms with van der Waals surface area (Å²) in [4.78, 5) is 23.9. The van der Waals surface area contributed by atoms with Crippen molar-refractivity contribution in [1.29, 1.82) is 0 Å². The number of hydrogen-bond acceptors (Lipinski definition) is 5. The molecular weight excluding hydrogens is 346 g/mol. The minimum Gasteiger partial charge on any atom is -0.504 e. The Labute approximate surface area is 159 Å². The Bertz CT molecular complexity index is 723. The topological polar surface area (TPSA) is 84.9 Å². The molecule has 6 heteroatoms. The molecule has 2 N–H and O–H groups in total. The van der Waals surface area contributed by atoms with Gasteiger partial charge in [-0.3, -0.25) is 4.79 Å². The van der Waals surface area contributed by atoms with Gasteiger partial charge in [0.25, 0.3) is 5.91 Å². The molecular formula is C21H27NO5. The lowest BCUT2D eigenvalue weighted by Crippen LogP contribution is -2.36. The molecule has 2 rings (SSSR count). The van der Waals surface area contributed by atoms with Gasteiger partial charge < -0.3 is 19.9 Å². The molecule has 0 saturated heterocycles. The van der Waals surface area contributed by atoms with Crippen LogP contribution in [0.5, 0.6) is 11.5 Å². The van der Waals surface area contributed by atoms with Crippen molar-refractivity contribution in [3.8, 4) is 11.5 Å². The number of methoxy groups -OCH3 is 1. The van der Waals surface area contributed by atoms with Crippen molar-refractivity contribution in [2.24, 2.45) is 0 Å². The molecule has 1 atom stereocenters. The lowest BCUT2D eigenvalue weighted by molar-refractivity contribution is -0.150. The van der Waals surface area contributed by atoms with Crippen molar-refractivity contribution >= 4 is 18.0 Å². The number of phenols is 1. The second-order valence-electron chi connectivity index (χ2n) is 6.49. The maximum atomic E-state index is 12.0. The van der Waals surface area contributed by atoms with Crippen LogP contribution >= 0.6 is 0 Å². The number of allylic oxidation sites excluding steroid dienone is 1. The van der Waals surface area contributed by atoms with Gasteiger partial charge in [-0.15, -0.1) is 0 Å². The molecule has 1 aromatic rings. The fourth-order valence-electron chi connectivity index (χ4n) is 2.85. The highest BCUT2D eigenvalue weighted by atomic mass is 16.5. The molecule has 27 heavy (non-hydrogen) atoms. The Morgan fingerprint density at radius 2 is 2.15 bits per heavy atom. The zero-order chi connectivity index (χ0) is 19.6. The van der Waals surface area contributed by atoms with Gasteiger partial charge in [-0.1, -0.05) is 17.7 Å². The van der Waals surface area contributed by atoms with Crippen LogP contribution in [0, 0.1) is 0 Å². The number of benzene rings is 1. The van der Waals surface area contributed by atoms with E-state index in [1.165, 1.54) is 43.7 Å². The number of amides is 1. The van der Waals surface area contributed by atoms with Gasteiger partial charge >= 0.3 is 5.97 Å². The Morgan fingerprint density at radius 3 is 2.85 bits per heavy atom. The molecule has 1 aliphatic rings. The third kappa shape index (κ3) is 6.81. The van der Waals surface area contributed by atoms with Crippen LogP contribution in [0.15, 0.2) is 35.9 Å². The molecule has 0 fully saturated rings. The van der Waals surface area contributed by atoms with E-state index in [-0.39, 0.29) is 11.7 Å². The number of esters is 1. The quantitative estimate of drug-likeness (QED) is 0.415. The van der Waals surface area contributed by atoms with Crippen LogP contribution in [0.4, 0.5) is 0 Å². The van der Waals surface area contributed by atoms with Crippen molar-refractivity contribution in [1.82, 2.24) is 5.32 Å². The van der Waals surface area contributed by atoms with E-state index in [1.807, 2.05) is 0 Å². The fourth-order valence-corrected chi connectivity index (χ4v) is 2.85. The third-order valence-corrected chi connectivity index (χ3v) is 4.41. The lowest BCUT2D eigenvalue weighted by Gasteiger charge is -2.15. The van der Waals surface area contributed by atoms with E-state index >= 15 is 0 Å².